The number of rotatable bonds is 7. The maximum absolute atomic E-state index is 13.2. The molecule has 1 aromatic heterocycles. The molecule has 2 aliphatic rings. The lowest BCUT2D eigenvalue weighted by Gasteiger charge is -2.24. The lowest BCUT2D eigenvalue weighted by atomic mass is 10.1. The molecule has 1 aromatic carbocycles. The molecule has 0 saturated carbocycles. The third kappa shape index (κ3) is 4.36. The molecule has 31 heavy (non-hydrogen) atoms. The van der Waals surface area contributed by atoms with Crippen molar-refractivity contribution in [2.24, 2.45) is 0 Å². The summed E-state index contributed by atoms with van der Waals surface area (Å²) in [6, 6.07) is 9.42. The summed E-state index contributed by atoms with van der Waals surface area (Å²) in [7, 11) is 0. The van der Waals surface area contributed by atoms with E-state index >= 15 is 0 Å². The highest BCUT2D eigenvalue weighted by Crippen LogP contribution is 2.28. The van der Waals surface area contributed by atoms with Gasteiger partial charge in [0.15, 0.2) is 11.8 Å². The average Bonchev–Trinajstić information content (AvgIpc) is 3.44. The Hall–Kier alpha value is -2.71. The van der Waals surface area contributed by atoms with Crippen molar-refractivity contribution in [2.75, 3.05) is 18.4 Å². The number of fused-ring (bicyclic) bond motifs is 1. The van der Waals surface area contributed by atoms with Gasteiger partial charge in [-0.2, -0.15) is 14.3 Å². The molecule has 1 atom stereocenters. The lowest BCUT2D eigenvalue weighted by molar-refractivity contribution is -0.425. The Morgan fingerprint density at radius 3 is 2.81 bits per heavy atom. The van der Waals surface area contributed by atoms with Gasteiger partial charge in [0.05, 0.1) is 0 Å². The Morgan fingerprint density at radius 2 is 2.06 bits per heavy atom. The molecule has 8 heteroatoms. The summed E-state index contributed by atoms with van der Waals surface area (Å²) in [6.07, 6.45) is 3.17. The summed E-state index contributed by atoms with van der Waals surface area (Å²) in [4.78, 5) is 41.4. The summed E-state index contributed by atoms with van der Waals surface area (Å²) in [5.41, 5.74) is 3.41. The quantitative estimate of drug-likeness (QED) is 0.646. The number of anilines is 1. The van der Waals surface area contributed by atoms with Gasteiger partial charge in [-0.15, -0.1) is 23.1 Å². The fraction of sp³-hybridized carbons (Fsp3) is 0.304. The van der Waals surface area contributed by atoms with Gasteiger partial charge in [0.2, 0.25) is 0 Å². The van der Waals surface area contributed by atoms with E-state index in [9.17, 15) is 14.4 Å². The topological polar surface area (TPSA) is 69.5 Å². The van der Waals surface area contributed by atoms with Crippen LogP contribution in [0.3, 0.4) is 0 Å². The van der Waals surface area contributed by atoms with Gasteiger partial charge >= 0.3 is 11.9 Å². The van der Waals surface area contributed by atoms with Crippen LogP contribution in [0.4, 0.5) is 10.5 Å². The van der Waals surface area contributed by atoms with Crippen LogP contribution in [0.25, 0.3) is 0 Å². The fourth-order valence-corrected chi connectivity index (χ4v) is 5.48. The molecular weight excluding hydrogens is 430 g/mol. The number of allylic oxidation sites excluding steroid dienone is 1. The Morgan fingerprint density at radius 1 is 1.23 bits per heavy atom. The van der Waals surface area contributed by atoms with Gasteiger partial charge in [0.25, 0.3) is 5.91 Å². The number of amides is 4. The molecule has 1 N–H and O–H groups in total. The molecule has 1 unspecified atom stereocenters. The number of thiophene rings is 1. The Labute approximate surface area is 189 Å². The first-order valence-corrected chi connectivity index (χ1v) is 12.0. The molecule has 3 heterocycles. The Kier molecular flexibility index (Phi) is 6.38. The van der Waals surface area contributed by atoms with E-state index in [1.165, 1.54) is 21.2 Å². The molecule has 0 fully saturated rings. The second kappa shape index (κ2) is 9.20. The third-order valence-electron chi connectivity index (χ3n) is 5.45. The smallest absolute Gasteiger partial charge is 0.322 e. The Balaban J connectivity index is 1.55. The minimum atomic E-state index is -0.474. The van der Waals surface area contributed by atoms with Crippen LogP contribution in [0.2, 0.25) is 0 Å². The second-order valence-corrected chi connectivity index (χ2v) is 9.49. The third-order valence-corrected chi connectivity index (χ3v) is 7.40. The largest absolute Gasteiger partial charge is 0.501 e. The first-order valence-electron chi connectivity index (χ1n) is 10.2. The van der Waals surface area contributed by atoms with Gasteiger partial charge in [0.1, 0.15) is 12.3 Å². The van der Waals surface area contributed by atoms with Crippen molar-refractivity contribution in [1.29, 1.82) is 0 Å². The molecular formula is C23H24N3O3S2+. The van der Waals surface area contributed by atoms with Gasteiger partial charge in [0, 0.05) is 17.0 Å². The highest BCUT2D eigenvalue weighted by atomic mass is 32.2. The summed E-state index contributed by atoms with van der Waals surface area (Å²) in [5.74, 6) is -0.489. The van der Waals surface area contributed by atoms with E-state index in [4.69, 9.17) is 0 Å². The zero-order valence-corrected chi connectivity index (χ0v) is 19.1. The van der Waals surface area contributed by atoms with Gasteiger partial charge in [-0.25, -0.2) is 4.79 Å². The van der Waals surface area contributed by atoms with Crippen molar-refractivity contribution >= 4 is 52.3 Å². The number of nitrogens with one attached hydrogen (secondary N) is 1. The van der Waals surface area contributed by atoms with Gasteiger partial charge in [-0.1, -0.05) is 31.2 Å². The molecule has 4 amide bonds. The minimum Gasteiger partial charge on any atom is -0.322 e. The average molecular weight is 455 g/mol. The highest BCUT2D eigenvalue weighted by Gasteiger charge is 2.49. The molecule has 160 valence electrons. The summed E-state index contributed by atoms with van der Waals surface area (Å²) in [5, 5.41) is 6.30. The van der Waals surface area contributed by atoms with E-state index in [1.807, 2.05) is 55.0 Å². The number of nitrogens with zero attached hydrogens (tertiary/aromatic N) is 2. The number of thioether (sulfide) groups is 1. The standard InChI is InChI=1S/C23H23N3O3S2/c1-3-16-7-4-6-15(2)20(16)24-19(27)14-26-18-10-13-31-21(18)22(28)25(23(26)29)11-9-17-8-5-12-30-17/h4-8,10,12-13,21H,3,9,11,14H2,1-2H3/p+1. The van der Waals surface area contributed by atoms with Crippen LogP contribution in [0, 0.1) is 6.92 Å². The number of aryl methyl sites for hydroxylation is 2. The number of benzene rings is 1. The summed E-state index contributed by atoms with van der Waals surface area (Å²) in [6.45, 7) is 4.16. The van der Waals surface area contributed by atoms with E-state index in [0.29, 0.717) is 18.7 Å². The highest BCUT2D eigenvalue weighted by molar-refractivity contribution is 8.04. The monoisotopic (exact) mass is 454 g/mol. The summed E-state index contributed by atoms with van der Waals surface area (Å²) < 4.78 is 1.44. The molecule has 2 aliphatic heterocycles. The zero-order chi connectivity index (χ0) is 22.0. The summed E-state index contributed by atoms with van der Waals surface area (Å²) >= 11 is 2.98. The molecule has 4 rings (SSSR count). The van der Waals surface area contributed by atoms with Crippen LogP contribution in [0.5, 0.6) is 0 Å². The molecule has 0 bridgehead atoms. The number of hydrogen-bond acceptors (Lipinski definition) is 5. The van der Waals surface area contributed by atoms with Crippen molar-refractivity contribution in [2.45, 2.75) is 31.9 Å². The van der Waals surface area contributed by atoms with Crippen LogP contribution in [-0.4, -0.2) is 51.4 Å². The van der Waals surface area contributed by atoms with Crippen molar-refractivity contribution in [3.63, 3.8) is 0 Å². The lowest BCUT2D eigenvalue weighted by Crippen LogP contribution is -2.56. The number of para-hydroxylation sites is 1. The zero-order valence-electron chi connectivity index (χ0n) is 17.5. The van der Waals surface area contributed by atoms with Crippen LogP contribution >= 0.6 is 23.1 Å². The predicted octanol–water partition coefficient (Wildman–Crippen LogP) is 3.84. The first-order chi connectivity index (χ1) is 15.0. The normalized spacial score (nSPS) is 18.0. The number of imide groups is 1. The molecule has 0 saturated heterocycles. The van der Waals surface area contributed by atoms with E-state index in [1.54, 1.807) is 17.4 Å². The predicted molar refractivity (Wildman–Crippen MR) is 125 cm³/mol. The SMILES string of the molecule is CCc1cccc(C)c1NC(=O)C[N+]1=C2C=CSC2C(=O)N(CCc2cccs2)C1=O. The van der Waals surface area contributed by atoms with Crippen molar-refractivity contribution in [3.8, 4) is 0 Å². The van der Waals surface area contributed by atoms with Crippen molar-refractivity contribution < 1.29 is 19.0 Å². The van der Waals surface area contributed by atoms with Crippen LogP contribution < -0.4 is 5.32 Å². The van der Waals surface area contributed by atoms with Crippen molar-refractivity contribution in [1.82, 2.24) is 4.90 Å². The van der Waals surface area contributed by atoms with Crippen LogP contribution in [-0.2, 0) is 22.4 Å². The molecule has 6 nitrogen and oxygen atoms in total. The van der Waals surface area contributed by atoms with E-state index in [0.717, 1.165) is 28.1 Å². The second-order valence-electron chi connectivity index (χ2n) is 7.44. The maximum atomic E-state index is 13.2. The number of urea groups is 1. The van der Waals surface area contributed by atoms with E-state index in [2.05, 4.69) is 5.32 Å². The van der Waals surface area contributed by atoms with Gasteiger partial charge in [-0.05, 0) is 47.4 Å². The Bertz CT molecular complexity index is 1090. The van der Waals surface area contributed by atoms with E-state index < -0.39 is 11.3 Å². The maximum Gasteiger partial charge on any atom is 0.501 e. The van der Waals surface area contributed by atoms with Crippen LogP contribution in [0.15, 0.2) is 47.2 Å². The minimum absolute atomic E-state index is 0.129. The molecule has 0 spiro atoms. The van der Waals surface area contributed by atoms with Gasteiger partial charge in [-0.3, -0.25) is 4.79 Å². The fourth-order valence-electron chi connectivity index (χ4n) is 3.82. The van der Waals surface area contributed by atoms with Crippen molar-refractivity contribution in [3.05, 3.63) is 63.2 Å². The van der Waals surface area contributed by atoms with E-state index in [-0.39, 0.29) is 18.4 Å². The molecule has 0 aliphatic carbocycles. The first kappa shape index (κ1) is 21.5. The number of hydrogen-bond donors (Lipinski definition) is 1. The number of carbonyl (C=O) groups excluding carboxylic acids is 3. The van der Waals surface area contributed by atoms with Crippen LogP contribution in [0.1, 0.15) is 22.9 Å². The molecule has 2 aromatic rings. The van der Waals surface area contributed by atoms with Gasteiger partial charge < -0.3 is 5.32 Å². The molecule has 0 radical (unpaired) electrons. The number of carbonyl (C=O) groups is 3.